The molecule has 1 aromatic carbocycles. The predicted molar refractivity (Wildman–Crippen MR) is 78.8 cm³/mol. The molecule has 1 aliphatic rings. The van der Waals surface area contributed by atoms with Crippen LogP contribution in [-0.2, 0) is 4.74 Å². The van der Waals surface area contributed by atoms with Crippen molar-refractivity contribution < 1.29 is 13.9 Å². The summed E-state index contributed by atoms with van der Waals surface area (Å²) in [5, 5.41) is 0. The van der Waals surface area contributed by atoms with Gasteiger partial charge in [0, 0.05) is 31.8 Å². The second-order valence-electron chi connectivity index (χ2n) is 5.31. The number of nitrogen functional groups attached to an aromatic ring is 1. The molecule has 5 heteroatoms. The van der Waals surface area contributed by atoms with Gasteiger partial charge in [0.1, 0.15) is 0 Å². The Morgan fingerprint density at radius 1 is 1.40 bits per heavy atom. The molecular weight excluding hydrogens is 259 g/mol. The molecule has 0 amide bonds. The smallest absolute Gasteiger partial charge is 0.167 e. The van der Waals surface area contributed by atoms with Crippen LogP contribution < -0.4 is 15.4 Å². The number of nitrogens with two attached hydrogens (primary N) is 1. The van der Waals surface area contributed by atoms with Gasteiger partial charge in [-0.2, -0.15) is 0 Å². The average molecular weight is 282 g/mol. The van der Waals surface area contributed by atoms with Crippen molar-refractivity contribution in [3.63, 3.8) is 0 Å². The van der Waals surface area contributed by atoms with Crippen LogP contribution in [0.3, 0.4) is 0 Å². The van der Waals surface area contributed by atoms with E-state index in [9.17, 15) is 4.39 Å². The van der Waals surface area contributed by atoms with Crippen LogP contribution in [-0.4, -0.2) is 33.4 Å². The lowest BCUT2D eigenvalue weighted by Gasteiger charge is -2.32. The summed E-state index contributed by atoms with van der Waals surface area (Å²) in [6, 6.07) is 3.37. The molecule has 0 aliphatic heterocycles. The van der Waals surface area contributed by atoms with Crippen LogP contribution in [0.15, 0.2) is 12.1 Å². The van der Waals surface area contributed by atoms with Gasteiger partial charge in [-0.25, -0.2) is 4.39 Å². The molecule has 1 atom stereocenters. The van der Waals surface area contributed by atoms with E-state index in [0.717, 1.165) is 12.2 Å². The van der Waals surface area contributed by atoms with Crippen molar-refractivity contribution >= 4 is 11.4 Å². The van der Waals surface area contributed by atoms with Crippen molar-refractivity contribution in [1.29, 1.82) is 0 Å². The van der Waals surface area contributed by atoms with Crippen LogP contribution in [0.5, 0.6) is 5.75 Å². The second kappa shape index (κ2) is 6.31. The maximum absolute atomic E-state index is 13.7. The number of benzene rings is 1. The van der Waals surface area contributed by atoms with Crippen LogP contribution in [0.4, 0.5) is 15.8 Å². The number of methoxy groups -OCH3 is 2. The summed E-state index contributed by atoms with van der Waals surface area (Å²) in [4.78, 5) is 2.19. The minimum absolute atomic E-state index is 0.222. The third-order valence-electron chi connectivity index (χ3n) is 3.94. The van der Waals surface area contributed by atoms with E-state index >= 15 is 0 Å². The van der Waals surface area contributed by atoms with Gasteiger partial charge in [-0.05, 0) is 25.7 Å². The van der Waals surface area contributed by atoms with Crippen LogP contribution in [0, 0.1) is 11.7 Å². The average Bonchev–Trinajstić information content (AvgIpc) is 3.25. The molecule has 0 bridgehead atoms. The Morgan fingerprint density at radius 3 is 2.65 bits per heavy atom. The molecule has 2 rings (SSSR count). The van der Waals surface area contributed by atoms with Gasteiger partial charge in [-0.15, -0.1) is 0 Å². The summed E-state index contributed by atoms with van der Waals surface area (Å²) in [7, 11) is 3.14. The van der Waals surface area contributed by atoms with Crippen LogP contribution in [0.25, 0.3) is 0 Å². The lowest BCUT2D eigenvalue weighted by atomic mass is 10.1. The summed E-state index contributed by atoms with van der Waals surface area (Å²) >= 11 is 0. The highest BCUT2D eigenvalue weighted by molar-refractivity contribution is 5.70. The first-order valence-electron chi connectivity index (χ1n) is 6.97. The largest absolute Gasteiger partial charge is 0.494 e. The number of rotatable bonds is 7. The van der Waals surface area contributed by atoms with E-state index < -0.39 is 5.82 Å². The van der Waals surface area contributed by atoms with E-state index in [1.165, 1.54) is 26.0 Å². The van der Waals surface area contributed by atoms with Gasteiger partial charge >= 0.3 is 0 Å². The molecule has 1 fully saturated rings. The van der Waals surface area contributed by atoms with Crippen molar-refractivity contribution in [3.05, 3.63) is 17.9 Å². The van der Waals surface area contributed by atoms with Crippen molar-refractivity contribution in [3.8, 4) is 5.75 Å². The van der Waals surface area contributed by atoms with Gasteiger partial charge in [-0.1, -0.05) is 0 Å². The van der Waals surface area contributed by atoms with Gasteiger partial charge in [0.15, 0.2) is 11.6 Å². The summed E-state index contributed by atoms with van der Waals surface area (Å²) in [5.41, 5.74) is 7.25. The Morgan fingerprint density at radius 2 is 2.10 bits per heavy atom. The molecule has 0 spiro atoms. The van der Waals surface area contributed by atoms with Crippen molar-refractivity contribution in [2.75, 3.05) is 38.0 Å². The molecule has 1 unspecified atom stereocenters. The minimum atomic E-state index is -0.431. The minimum Gasteiger partial charge on any atom is -0.494 e. The van der Waals surface area contributed by atoms with E-state index in [2.05, 4.69) is 11.8 Å². The van der Waals surface area contributed by atoms with Crippen molar-refractivity contribution in [2.45, 2.75) is 25.8 Å². The first-order valence-corrected chi connectivity index (χ1v) is 6.97. The van der Waals surface area contributed by atoms with E-state index in [1.807, 2.05) is 0 Å². The standard InChI is InChI=1S/C15H23FN2O2/c1-10(11-4-5-11)18(6-7-19-2)14-9-15(20-3)12(16)8-13(14)17/h8-11H,4-7,17H2,1-3H3. The third-order valence-corrected chi connectivity index (χ3v) is 3.94. The van der Waals surface area contributed by atoms with Gasteiger partial charge in [0.2, 0.25) is 0 Å². The monoisotopic (exact) mass is 282 g/mol. The van der Waals surface area contributed by atoms with E-state index in [1.54, 1.807) is 13.2 Å². The molecule has 0 saturated heterocycles. The highest BCUT2D eigenvalue weighted by Crippen LogP contribution is 2.39. The number of hydrogen-bond donors (Lipinski definition) is 1. The predicted octanol–water partition coefficient (Wildman–Crippen LogP) is 2.67. The lowest BCUT2D eigenvalue weighted by Crippen LogP contribution is -2.37. The zero-order chi connectivity index (χ0) is 14.7. The molecule has 1 aromatic rings. The number of nitrogens with zero attached hydrogens (tertiary/aromatic N) is 1. The third kappa shape index (κ3) is 3.15. The highest BCUT2D eigenvalue weighted by Gasteiger charge is 2.33. The quantitative estimate of drug-likeness (QED) is 0.781. The van der Waals surface area contributed by atoms with E-state index in [0.29, 0.717) is 24.3 Å². The van der Waals surface area contributed by atoms with Crippen molar-refractivity contribution in [1.82, 2.24) is 0 Å². The Hall–Kier alpha value is -1.49. The molecule has 1 aliphatic carbocycles. The van der Waals surface area contributed by atoms with Crippen LogP contribution in [0.1, 0.15) is 19.8 Å². The summed E-state index contributed by atoms with van der Waals surface area (Å²) in [6.45, 7) is 3.52. The fourth-order valence-electron chi connectivity index (χ4n) is 2.53. The SMILES string of the molecule is COCCN(c1cc(OC)c(F)cc1N)C(C)C1CC1. The van der Waals surface area contributed by atoms with E-state index in [4.69, 9.17) is 15.2 Å². The fraction of sp³-hybridized carbons (Fsp3) is 0.600. The number of halogens is 1. The molecule has 20 heavy (non-hydrogen) atoms. The van der Waals surface area contributed by atoms with Gasteiger partial charge in [0.05, 0.1) is 25.1 Å². The Kier molecular flexibility index (Phi) is 4.70. The highest BCUT2D eigenvalue weighted by atomic mass is 19.1. The zero-order valence-electron chi connectivity index (χ0n) is 12.4. The number of ether oxygens (including phenoxy) is 2. The van der Waals surface area contributed by atoms with Crippen molar-refractivity contribution in [2.24, 2.45) is 5.92 Å². The first kappa shape index (κ1) is 14.9. The molecular formula is C15H23FN2O2. The number of anilines is 2. The van der Waals surface area contributed by atoms with Crippen LogP contribution in [0.2, 0.25) is 0 Å². The van der Waals surface area contributed by atoms with Gasteiger partial charge in [-0.3, -0.25) is 0 Å². The molecule has 1 saturated carbocycles. The maximum atomic E-state index is 13.7. The molecule has 2 N–H and O–H groups in total. The topological polar surface area (TPSA) is 47.7 Å². The summed E-state index contributed by atoms with van der Waals surface area (Å²) in [5.74, 6) is 0.474. The van der Waals surface area contributed by atoms with Crippen LogP contribution >= 0.6 is 0 Å². The molecule has 112 valence electrons. The normalized spacial score (nSPS) is 16.0. The Bertz CT molecular complexity index is 463. The summed E-state index contributed by atoms with van der Waals surface area (Å²) in [6.07, 6.45) is 2.48. The van der Waals surface area contributed by atoms with Gasteiger partial charge < -0.3 is 20.1 Å². The van der Waals surface area contributed by atoms with E-state index in [-0.39, 0.29) is 5.75 Å². The first-order chi connectivity index (χ1) is 9.58. The molecule has 0 radical (unpaired) electrons. The Balaban J connectivity index is 2.31. The maximum Gasteiger partial charge on any atom is 0.167 e. The fourth-order valence-corrected chi connectivity index (χ4v) is 2.53. The van der Waals surface area contributed by atoms with Gasteiger partial charge in [0.25, 0.3) is 0 Å². The summed E-state index contributed by atoms with van der Waals surface area (Å²) < 4.78 is 23.9. The zero-order valence-corrected chi connectivity index (χ0v) is 12.4. The molecule has 0 aromatic heterocycles. The molecule has 0 heterocycles. The second-order valence-corrected chi connectivity index (χ2v) is 5.31. The lowest BCUT2D eigenvalue weighted by molar-refractivity contribution is 0.202. The Labute approximate surface area is 119 Å². The molecule has 4 nitrogen and oxygen atoms in total. The number of hydrogen-bond acceptors (Lipinski definition) is 4.